The van der Waals surface area contributed by atoms with Crippen LogP contribution in [0.5, 0.6) is 0 Å². The maximum atomic E-state index is 11.8. The number of aromatic nitrogens is 1. The second kappa shape index (κ2) is 6.44. The summed E-state index contributed by atoms with van der Waals surface area (Å²) in [4.78, 5) is 4.06. The summed E-state index contributed by atoms with van der Waals surface area (Å²) in [5, 5.41) is 3.07. The summed E-state index contributed by atoms with van der Waals surface area (Å²) in [7, 11) is 0. The van der Waals surface area contributed by atoms with Gasteiger partial charge in [-0.25, -0.2) is 4.98 Å². The first kappa shape index (κ1) is 13.8. The van der Waals surface area contributed by atoms with Gasteiger partial charge in [-0.2, -0.15) is 13.2 Å². The summed E-state index contributed by atoms with van der Waals surface area (Å²) < 4.78 is 40.0. The largest absolute Gasteiger partial charge is 0.411 e. The van der Waals surface area contributed by atoms with E-state index in [4.69, 9.17) is 0 Å². The van der Waals surface area contributed by atoms with Gasteiger partial charge in [0.15, 0.2) is 0 Å². The van der Waals surface area contributed by atoms with Crippen LogP contribution in [-0.2, 0) is 11.3 Å². The van der Waals surface area contributed by atoms with Crippen LogP contribution in [0.1, 0.15) is 18.9 Å². The van der Waals surface area contributed by atoms with Crippen LogP contribution in [0.2, 0.25) is 0 Å². The van der Waals surface area contributed by atoms with Crippen molar-refractivity contribution in [2.45, 2.75) is 26.1 Å². The van der Waals surface area contributed by atoms with E-state index in [1.165, 1.54) is 6.20 Å². The Balaban J connectivity index is 2.35. The molecule has 0 aromatic carbocycles. The molecule has 0 saturated carbocycles. The van der Waals surface area contributed by atoms with Crippen LogP contribution in [0.3, 0.4) is 0 Å². The molecule has 0 aliphatic carbocycles. The van der Waals surface area contributed by atoms with Crippen LogP contribution >= 0.6 is 0 Å². The number of nitrogens with zero attached hydrogens (tertiary/aromatic N) is 1. The molecule has 0 atom stereocenters. The van der Waals surface area contributed by atoms with Crippen LogP contribution in [0, 0.1) is 0 Å². The number of alkyl halides is 3. The highest BCUT2D eigenvalue weighted by Crippen LogP contribution is 2.15. The molecular weight excluding hydrogens is 233 g/mol. The normalized spacial score (nSPS) is 11.5. The number of hydrogen-bond acceptors (Lipinski definition) is 3. The molecule has 0 unspecified atom stereocenters. The lowest BCUT2D eigenvalue weighted by Gasteiger charge is -2.08. The Kier molecular flexibility index (Phi) is 5.21. The number of pyridine rings is 1. The van der Waals surface area contributed by atoms with Gasteiger partial charge in [-0.15, -0.1) is 0 Å². The Morgan fingerprint density at radius 3 is 2.65 bits per heavy atom. The van der Waals surface area contributed by atoms with E-state index in [1.807, 2.05) is 6.92 Å². The van der Waals surface area contributed by atoms with E-state index in [2.05, 4.69) is 15.0 Å². The number of anilines is 1. The highest BCUT2D eigenvalue weighted by molar-refractivity contribution is 5.35. The molecule has 3 nitrogen and oxygen atoms in total. The fraction of sp³-hybridized carbons (Fsp3) is 0.545. The standard InChI is InChI=1S/C11H15F3N2O/c1-2-5-15-10-4-3-9(6-16-10)7-17-8-11(12,13)14/h3-4,6H,2,5,7-8H2,1H3,(H,15,16). The molecule has 0 saturated heterocycles. The first-order valence-electron chi connectivity index (χ1n) is 5.34. The fourth-order valence-corrected chi connectivity index (χ4v) is 1.15. The zero-order valence-electron chi connectivity index (χ0n) is 9.55. The summed E-state index contributed by atoms with van der Waals surface area (Å²) in [6.45, 7) is 1.53. The number of ether oxygens (including phenoxy) is 1. The average molecular weight is 248 g/mol. The van der Waals surface area contributed by atoms with Crippen molar-refractivity contribution in [2.75, 3.05) is 18.5 Å². The highest BCUT2D eigenvalue weighted by Gasteiger charge is 2.27. The molecular formula is C11H15F3N2O. The monoisotopic (exact) mass is 248 g/mol. The average Bonchev–Trinajstić information content (AvgIpc) is 2.26. The van der Waals surface area contributed by atoms with Gasteiger partial charge in [-0.3, -0.25) is 0 Å². The first-order chi connectivity index (χ1) is 8.01. The molecule has 0 spiro atoms. The van der Waals surface area contributed by atoms with Crippen molar-refractivity contribution in [1.29, 1.82) is 0 Å². The Bertz CT molecular complexity index is 324. The van der Waals surface area contributed by atoms with Crippen molar-refractivity contribution in [1.82, 2.24) is 4.98 Å². The Labute approximate surface area is 98.0 Å². The van der Waals surface area contributed by atoms with Crippen LogP contribution in [-0.4, -0.2) is 24.3 Å². The van der Waals surface area contributed by atoms with E-state index < -0.39 is 12.8 Å². The molecule has 96 valence electrons. The van der Waals surface area contributed by atoms with Gasteiger partial charge in [0, 0.05) is 12.7 Å². The van der Waals surface area contributed by atoms with Crippen molar-refractivity contribution in [3.05, 3.63) is 23.9 Å². The highest BCUT2D eigenvalue weighted by atomic mass is 19.4. The number of halogens is 3. The maximum Gasteiger partial charge on any atom is 0.411 e. The molecule has 0 aliphatic heterocycles. The Morgan fingerprint density at radius 1 is 1.35 bits per heavy atom. The molecule has 0 fully saturated rings. The van der Waals surface area contributed by atoms with E-state index >= 15 is 0 Å². The molecule has 1 aromatic rings. The number of hydrogen-bond donors (Lipinski definition) is 1. The molecule has 0 radical (unpaired) electrons. The van der Waals surface area contributed by atoms with Crippen molar-refractivity contribution in [3.8, 4) is 0 Å². The summed E-state index contributed by atoms with van der Waals surface area (Å²) in [5.41, 5.74) is 0.622. The predicted octanol–water partition coefficient (Wildman–Crippen LogP) is 2.98. The van der Waals surface area contributed by atoms with Crippen LogP contribution < -0.4 is 5.32 Å². The molecule has 1 N–H and O–H groups in total. The molecule has 1 aromatic heterocycles. The van der Waals surface area contributed by atoms with Gasteiger partial charge in [-0.1, -0.05) is 13.0 Å². The third kappa shape index (κ3) is 6.11. The van der Waals surface area contributed by atoms with Crippen molar-refractivity contribution >= 4 is 5.82 Å². The maximum absolute atomic E-state index is 11.8. The first-order valence-corrected chi connectivity index (χ1v) is 5.34. The molecule has 0 amide bonds. The predicted molar refractivity (Wildman–Crippen MR) is 58.7 cm³/mol. The van der Waals surface area contributed by atoms with Crippen molar-refractivity contribution < 1.29 is 17.9 Å². The van der Waals surface area contributed by atoms with Crippen LogP contribution in [0.4, 0.5) is 19.0 Å². The van der Waals surface area contributed by atoms with Gasteiger partial charge >= 0.3 is 6.18 Å². The van der Waals surface area contributed by atoms with Gasteiger partial charge in [-0.05, 0) is 18.1 Å². The number of nitrogens with one attached hydrogen (secondary N) is 1. The van der Waals surface area contributed by atoms with Crippen molar-refractivity contribution in [2.24, 2.45) is 0 Å². The zero-order chi connectivity index (χ0) is 12.7. The van der Waals surface area contributed by atoms with Gasteiger partial charge in [0.1, 0.15) is 12.4 Å². The summed E-state index contributed by atoms with van der Waals surface area (Å²) in [6.07, 6.45) is -1.79. The summed E-state index contributed by atoms with van der Waals surface area (Å²) >= 11 is 0. The van der Waals surface area contributed by atoms with Gasteiger partial charge in [0.2, 0.25) is 0 Å². The number of rotatable bonds is 6. The molecule has 0 aliphatic rings. The van der Waals surface area contributed by atoms with E-state index in [0.29, 0.717) is 11.4 Å². The van der Waals surface area contributed by atoms with Gasteiger partial charge in [0.25, 0.3) is 0 Å². The van der Waals surface area contributed by atoms with E-state index in [-0.39, 0.29) is 6.61 Å². The van der Waals surface area contributed by atoms with Crippen molar-refractivity contribution in [3.63, 3.8) is 0 Å². The lowest BCUT2D eigenvalue weighted by molar-refractivity contribution is -0.176. The lowest BCUT2D eigenvalue weighted by atomic mass is 10.3. The molecule has 1 rings (SSSR count). The fourth-order valence-electron chi connectivity index (χ4n) is 1.15. The van der Waals surface area contributed by atoms with Crippen LogP contribution in [0.25, 0.3) is 0 Å². The van der Waals surface area contributed by atoms with Crippen LogP contribution in [0.15, 0.2) is 18.3 Å². The third-order valence-corrected chi connectivity index (χ3v) is 1.92. The zero-order valence-corrected chi connectivity index (χ0v) is 9.55. The summed E-state index contributed by atoms with van der Waals surface area (Å²) in [5.74, 6) is 0.714. The van der Waals surface area contributed by atoms with Gasteiger partial charge < -0.3 is 10.1 Å². The summed E-state index contributed by atoms with van der Waals surface area (Å²) in [6, 6.07) is 3.42. The Morgan fingerprint density at radius 2 is 2.12 bits per heavy atom. The topological polar surface area (TPSA) is 34.1 Å². The quantitative estimate of drug-likeness (QED) is 0.840. The van der Waals surface area contributed by atoms with E-state index in [9.17, 15) is 13.2 Å². The molecule has 17 heavy (non-hydrogen) atoms. The van der Waals surface area contributed by atoms with E-state index in [1.54, 1.807) is 12.1 Å². The minimum Gasteiger partial charge on any atom is -0.370 e. The minimum absolute atomic E-state index is 0.0828. The molecule has 6 heteroatoms. The van der Waals surface area contributed by atoms with E-state index in [0.717, 1.165) is 13.0 Å². The Hall–Kier alpha value is -1.30. The second-order valence-corrected chi connectivity index (χ2v) is 3.59. The second-order valence-electron chi connectivity index (χ2n) is 3.59. The SMILES string of the molecule is CCCNc1ccc(COCC(F)(F)F)cn1. The molecule has 0 bridgehead atoms. The van der Waals surface area contributed by atoms with Gasteiger partial charge in [0.05, 0.1) is 6.61 Å². The minimum atomic E-state index is -4.28. The lowest BCUT2D eigenvalue weighted by Crippen LogP contribution is -2.16. The smallest absolute Gasteiger partial charge is 0.370 e. The third-order valence-electron chi connectivity index (χ3n) is 1.92. The molecule has 1 heterocycles.